The molecule has 0 aliphatic rings. The quantitative estimate of drug-likeness (QED) is 0.717. The number of amides is 3. The predicted molar refractivity (Wildman–Crippen MR) is 89.7 cm³/mol. The van der Waals surface area contributed by atoms with E-state index in [0.717, 1.165) is 0 Å². The number of hydrogen-bond acceptors (Lipinski definition) is 5. The maximum atomic E-state index is 12.3. The molecule has 1 atom stereocenters. The molecule has 0 saturated heterocycles. The number of benzene rings is 2. The number of esters is 1. The van der Waals surface area contributed by atoms with Gasteiger partial charge >= 0.3 is 12.0 Å². The molecule has 0 aromatic heterocycles. The zero-order valence-corrected chi connectivity index (χ0v) is 13.6. The van der Waals surface area contributed by atoms with Crippen molar-refractivity contribution in [3.8, 4) is 5.75 Å². The fourth-order valence-corrected chi connectivity index (χ4v) is 2.09. The van der Waals surface area contributed by atoms with Gasteiger partial charge in [-0.2, -0.15) is 0 Å². The van der Waals surface area contributed by atoms with Gasteiger partial charge in [0.1, 0.15) is 5.75 Å². The van der Waals surface area contributed by atoms with Crippen molar-refractivity contribution < 1.29 is 24.2 Å². The highest BCUT2D eigenvalue weighted by molar-refractivity contribution is 5.97. The molecule has 2 rings (SSSR count). The van der Waals surface area contributed by atoms with Gasteiger partial charge in [0, 0.05) is 12.6 Å². The number of nitrogens with one attached hydrogen (secondary N) is 2. The molecule has 7 nitrogen and oxygen atoms in total. The Hall–Kier alpha value is -3.35. The van der Waals surface area contributed by atoms with Gasteiger partial charge in [-0.25, -0.2) is 4.79 Å². The molecule has 130 valence electrons. The van der Waals surface area contributed by atoms with Crippen molar-refractivity contribution in [2.24, 2.45) is 0 Å². The lowest BCUT2D eigenvalue weighted by molar-refractivity contribution is -0.155. The first-order chi connectivity index (χ1) is 12.0. The summed E-state index contributed by atoms with van der Waals surface area (Å²) < 4.78 is 5.28. The number of urea groups is 1. The van der Waals surface area contributed by atoms with E-state index in [-0.39, 0.29) is 12.2 Å². The fourth-order valence-electron chi connectivity index (χ4n) is 2.09. The van der Waals surface area contributed by atoms with E-state index in [2.05, 4.69) is 10.6 Å². The summed E-state index contributed by atoms with van der Waals surface area (Å²) in [6, 6.07) is 13.8. The van der Waals surface area contributed by atoms with Crippen LogP contribution in [0.5, 0.6) is 5.75 Å². The van der Waals surface area contributed by atoms with E-state index in [0.29, 0.717) is 11.1 Å². The van der Waals surface area contributed by atoms with Crippen LogP contribution < -0.4 is 10.6 Å². The minimum atomic E-state index is -1.25. The Bertz CT molecular complexity index is 744. The lowest BCUT2D eigenvalue weighted by atomic mass is 10.1. The number of carbonyl (C=O) groups excluding carboxylic acids is 3. The summed E-state index contributed by atoms with van der Waals surface area (Å²) in [5, 5.41) is 13.6. The summed E-state index contributed by atoms with van der Waals surface area (Å²) in [5.41, 5.74) is 1.07. The van der Waals surface area contributed by atoms with Crippen LogP contribution in [0.25, 0.3) is 0 Å². The second-order valence-corrected chi connectivity index (χ2v) is 5.19. The minimum absolute atomic E-state index is 0.0726. The SMILES string of the molecule is CNC(=O)NC(=O)[C@@H](OC(=O)Cc1ccc(O)cc1)c1ccccc1. The fraction of sp³-hybridized carbons (Fsp3) is 0.167. The molecule has 0 fully saturated rings. The highest BCUT2D eigenvalue weighted by atomic mass is 16.5. The summed E-state index contributed by atoms with van der Waals surface area (Å²) >= 11 is 0. The summed E-state index contributed by atoms with van der Waals surface area (Å²) in [4.78, 5) is 35.8. The third kappa shape index (κ3) is 5.35. The molecule has 0 spiro atoms. The maximum absolute atomic E-state index is 12.3. The van der Waals surface area contributed by atoms with Gasteiger partial charge in [-0.15, -0.1) is 0 Å². The third-order valence-electron chi connectivity index (χ3n) is 3.34. The van der Waals surface area contributed by atoms with Gasteiger partial charge in [-0.3, -0.25) is 14.9 Å². The summed E-state index contributed by atoms with van der Waals surface area (Å²) in [6.45, 7) is 0. The third-order valence-corrected chi connectivity index (χ3v) is 3.34. The number of phenols is 1. The van der Waals surface area contributed by atoms with Crippen LogP contribution >= 0.6 is 0 Å². The molecule has 2 aromatic carbocycles. The van der Waals surface area contributed by atoms with E-state index in [1.807, 2.05) is 0 Å². The highest BCUT2D eigenvalue weighted by Crippen LogP contribution is 2.19. The molecule has 0 saturated carbocycles. The molecule has 0 aliphatic heterocycles. The van der Waals surface area contributed by atoms with E-state index >= 15 is 0 Å². The van der Waals surface area contributed by atoms with Gasteiger partial charge in [0.05, 0.1) is 6.42 Å². The monoisotopic (exact) mass is 342 g/mol. The molecule has 25 heavy (non-hydrogen) atoms. The average Bonchev–Trinajstić information content (AvgIpc) is 2.62. The molecule has 0 radical (unpaired) electrons. The van der Waals surface area contributed by atoms with E-state index in [9.17, 15) is 19.5 Å². The Kier molecular flexibility index (Phi) is 6.11. The number of aromatic hydroxyl groups is 1. The first kappa shape index (κ1) is 18.0. The number of phenolic OH excluding ortho intramolecular Hbond substituents is 1. The van der Waals surface area contributed by atoms with Crippen molar-refractivity contribution in [2.75, 3.05) is 7.05 Å². The van der Waals surface area contributed by atoms with Crippen molar-refractivity contribution in [1.82, 2.24) is 10.6 Å². The molecule has 0 bridgehead atoms. The normalized spacial score (nSPS) is 11.2. The molecule has 0 heterocycles. The van der Waals surface area contributed by atoms with Crippen LogP contribution in [-0.4, -0.2) is 30.1 Å². The Morgan fingerprint density at radius 3 is 2.28 bits per heavy atom. The smallest absolute Gasteiger partial charge is 0.321 e. The zero-order valence-electron chi connectivity index (χ0n) is 13.6. The van der Waals surface area contributed by atoms with Gasteiger partial charge in [-0.1, -0.05) is 42.5 Å². The molecule has 7 heteroatoms. The van der Waals surface area contributed by atoms with Gasteiger partial charge in [-0.05, 0) is 17.7 Å². The topological polar surface area (TPSA) is 105 Å². The van der Waals surface area contributed by atoms with E-state index < -0.39 is 24.0 Å². The standard InChI is InChI=1S/C18H18N2O5/c1-19-18(24)20-17(23)16(13-5-3-2-4-6-13)25-15(22)11-12-7-9-14(21)10-8-12/h2-10,16,21H,11H2,1H3,(H2,19,20,23,24)/t16-/m0/s1. The van der Waals surface area contributed by atoms with E-state index in [1.54, 1.807) is 42.5 Å². The van der Waals surface area contributed by atoms with Crippen LogP contribution in [0.1, 0.15) is 17.2 Å². The first-order valence-electron chi connectivity index (χ1n) is 7.54. The lowest BCUT2D eigenvalue weighted by Gasteiger charge is -2.17. The average molecular weight is 342 g/mol. The number of rotatable bonds is 5. The second-order valence-electron chi connectivity index (χ2n) is 5.19. The molecule has 0 aliphatic carbocycles. The van der Waals surface area contributed by atoms with Crippen LogP contribution in [-0.2, 0) is 20.7 Å². The molecule has 0 unspecified atom stereocenters. The summed E-state index contributed by atoms with van der Waals surface area (Å²) in [7, 11) is 1.37. The second kappa shape index (κ2) is 8.49. The van der Waals surface area contributed by atoms with Crippen LogP contribution in [0.15, 0.2) is 54.6 Å². The Balaban J connectivity index is 2.12. The summed E-state index contributed by atoms with van der Waals surface area (Å²) in [5.74, 6) is -1.29. The van der Waals surface area contributed by atoms with Gasteiger partial charge in [0.15, 0.2) is 0 Å². The number of hydrogen-bond donors (Lipinski definition) is 3. The van der Waals surface area contributed by atoms with Crippen LogP contribution in [0.3, 0.4) is 0 Å². The van der Waals surface area contributed by atoms with Gasteiger partial charge in [0.25, 0.3) is 5.91 Å². The van der Waals surface area contributed by atoms with Crippen molar-refractivity contribution >= 4 is 17.9 Å². The number of carbonyl (C=O) groups is 3. The number of ether oxygens (including phenoxy) is 1. The minimum Gasteiger partial charge on any atom is -0.508 e. The van der Waals surface area contributed by atoms with Crippen LogP contribution in [0.4, 0.5) is 4.79 Å². The maximum Gasteiger partial charge on any atom is 0.321 e. The zero-order chi connectivity index (χ0) is 18.2. The van der Waals surface area contributed by atoms with E-state index in [4.69, 9.17) is 4.74 Å². The number of imide groups is 1. The van der Waals surface area contributed by atoms with Gasteiger partial charge in [0.2, 0.25) is 6.10 Å². The van der Waals surface area contributed by atoms with Gasteiger partial charge < -0.3 is 15.2 Å². The lowest BCUT2D eigenvalue weighted by Crippen LogP contribution is -2.41. The Morgan fingerprint density at radius 1 is 1.04 bits per heavy atom. The van der Waals surface area contributed by atoms with Crippen molar-refractivity contribution in [3.63, 3.8) is 0 Å². The van der Waals surface area contributed by atoms with E-state index in [1.165, 1.54) is 19.2 Å². The first-order valence-corrected chi connectivity index (χ1v) is 7.54. The molecule has 3 N–H and O–H groups in total. The molecule has 3 amide bonds. The van der Waals surface area contributed by atoms with Crippen LogP contribution in [0, 0.1) is 0 Å². The van der Waals surface area contributed by atoms with Crippen molar-refractivity contribution in [2.45, 2.75) is 12.5 Å². The Labute approximate surface area is 144 Å². The predicted octanol–water partition coefficient (Wildman–Crippen LogP) is 1.67. The molecular formula is C18H18N2O5. The molecule has 2 aromatic rings. The molecular weight excluding hydrogens is 324 g/mol. The Morgan fingerprint density at radius 2 is 1.68 bits per heavy atom. The van der Waals surface area contributed by atoms with Crippen LogP contribution in [0.2, 0.25) is 0 Å². The van der Waals surface area contributed by atoms with Crippen molar-refractivity contribution in [1.29, 1.82) is 0 Å². The summed E-state index contributed by atoms with van der Waals surface area (Å²) in [6.07, 6.45) is -1.32. The largest absolute Gasteiger partial charge is 0.508 e. The highest BCUT2D eigenvalue weighted by Gasteiger charge is 2.26. The van der Waals surface area contributed by atoms with Crippen molar-refractivity contribution in [3.05, 3.63) is 65.7 Å².